The summed E-state index contributed by atoms with van der Waals surface area (Å²) in [6, 6.07) is 11.4. The lowest BCUT2D eigenvalue weighted by Gasteiger charge is -2.11. The first kappa shape index (κ1) is 13.4. The van der Waals surface area contributed by atoms with Crippen molar-refractivity contribution in [1.29, 1.82) is 0 Å². The minimum atomic E-state index is -0.480. The second kappa shape index (κ2) is 6.75. The van der Waals surface area contributed by atoms with Crippen LogP contribution in [-0.2, 0) is 17.8 Å². The van der Waals surface area contributed by atoms with Gasteiger partial charge in [0.15, 0.2) is 0 Å². The maximum atomic E-state index is 11.8. The number of nitrogens with one attached hydrogen (secondary N) is 1. The van der Waals surface area contributed by atoms with Gasteiger partial charge in [-0.2, -0.15) is 0 Å². The van der Waals surface area contributed by atoms with E-state index in [1.165, 1.54) is 5.56 Å². The fourth-order valence-corrected chi connectivity index (χ4v) is 1.81. The van der Waals surface area contributed by atoms with E-state index in [2.05, 4.69) is 5.32 Å². The van der Waals surface area contributed by atoms with Gasteiger partial charge in [0.1, 0.15) is 0 Å². The van der Waals surface area contributed by atoms with Crippen molar-refractivity contribution < 1.29 is 9.21 Å². The van der Waals surface area contributed by atoms with Gasteiger partial charge in [0.05, 0.1) is 18.6 Å². The molecule has 1 heterocycles. The van der Waals surface area contributed by atoms with Gasteiger partial charge in [-0.25, -0.2) is 0 Å². The second-order valence-electron chi connectivity index (χ2n) is 4.48. The van der Waals surface area contributed by atoms with Crippen LogP contribution in [0.15, 0.2) is 53.3 Å². The lowest BCUT2D eigenvalue weighted by molar-refractivity contribution is -0.122. The molecule has 0 aliphatic carbocycles. The minimum Gasteiger partial charge on any atom is -0.472 e. The molecule has 4 nitrogen and oxygen atoms in total. The molecule has 2 rings (SSSR count). The molecule has 0 saturated heterocycles. The zero-order chi connectivity index (χ0) is 13.5. The van der Waals surface area contributed by atoms with E-state index in [0.717, 1.165) is 12.0 Å². The van der Waals surface area contributed by atoms with E-state index in [0.29, 0.717) is 13.0 Å². The molecule has 0 spiro atoms. The highest BCUT2D eigenvalue weighted by atomic mass is 16.3. The number of carbonyl (C=O) groups excluding carboxylic acids is 1. The maximum Gasteiger partial charge on any atom is 0.237 e. The van der Waals surface area contributed by atoms with Gasteiger partial charge in [-0.05, 0) is 24.5 Å². The van der Waals surface area contributed by atoms with Gasteiger partial charge in [0.25, 0.3) is 0 Å². The minimum absolute atomic E-state index is 0.128. The van der Waals surface area contributed by atoms with Gasteiger partial charge in [-0.3, -0.25) is 4.79 Å². The number of rotatable bonds is 6. The van der Waals surface area contributed by atoms with Crippen molar-refractivity contribution in [3.05, 3.63) is 60.1 Å². The summed E-state index contributed by atoms with van der Waals surface area (Å²) >= 11 is 0. The van der Waals surface area contributed by atoms with Crippen LogP contribution < -0.4 is 11.1 Å². The monoisotopic (exact) mass is 258 g/mol. The van der Waals surface area contributed by atoms with Crippen LogP contribution in [0.3, 0.4) is 0 Å². The van der Waals surface area contributed by atoms with Crippen molar-refractivity contribution in [3.63, 3.8) is 0 Å². The summed E-state index contributed by atoms with van der Waals surface area (Å²) < 4.78 is 4.93. The van der Waals surface area contributed by atoms with E-state index in [-0.39, 0.29) is 5.91 Å². The van der Waals surface area contributed by atoms with Crippen molar-refractivity contribution in [2.75, 3.05) is 0 Å². The summed E-state index contributed by atoms with van der Waals surface area (Å²) in [7, 11) is 0. The molecule has 0 aliphatic heterocycles. The molecule has 2 aromatic rings. The standard InChI is InChI=1S/C15H18N2O2/c16-14(7-6-12-4-2-1-3-5-12)15(18)17-10-13-8-9-19-11-13/h1-5,8-9,11,14H,6-7,10,16H2,(H,17,18). The topological polar surface area (TPSA) is 68.3 Å². The number of hydrogen-bond acceptors (Lipinski definition) is 3. The molecule has 1 aromatic carbocycles. The molecule has 4 heteroatoms. The number of nitrogens with two attached hydrogens (primary N) is 1. The van der Waals surface area contributed by atoms with Crippen molar-refractivity contribution in [1.82, 2.24) is 5.32 Å². The van der Waals surface area contributed by atoms with E-state index >= 15 is 0 Å². The van der Waals surface area contributed by atoms with Gasteiger partial charge in [-0.1, -0.05) is 30.3 Å². The second-order valence-corrected chi connectivity index (χ2v) is 4.48. The quantitative estimate of drug-likeness (QED) is 0.831. The van der Waals surface area contributed by atoms with Crippen molar-refractivity contribution in [3.8, 4) is 0 Å². The number of carbonyl (C=O) groups is 1. The Bertz CT molecular complexity index is 494. The molecular weight excluding hydrogens is 240 g/mol. The Morgan fingerprint density at radius 1 is 1.21 bits per heavy atom. The van der Waals surface area contributed by atoms with Crippen LogP contribution in [0.5, 0.6) is 0 Å². The SMILES string of the molecule is NC(CCc1ccccc1)C(=O)NCc1ccoc1. The van der Waals surface area contributed by atoms with Crippen LogP contribution >= 0.6 is 0 Å². The molecule has 0 saturated carbocycles. The van der Waals surface area contributed by atoms with Gasteiger partial charge in [0.2, 0.25) is 5.91 Å². The molecule has 1 amide bonds. The van der Waals surface area contributed by atoms with Crippen molar-refractivity contribution in [2.24, 2.45) is 5.73 Å². The van der Waals surface area contributed by atoms with Gasteiger partial charge in [-0.15, -0.1) is 0 Å². The predicted octanol–water partition coefficient (Wildman–Crippen LogP) is 1.86. The van der Waals surface area contributed by atoms with Crippen molar-refractivity contribution >= 4 is 5.91 Å². The van der Waals surface area contributed by atoms with E-state index in [1.807, 2.05) is 36.4 Å². The molecule has 100 valence electrons. The molecule has 1 unspecified atom stereocenters. The molecular formula is C15H18N2O2. The summed E-state index contributed by atoms with van der Waals surface area (Å²) in [5.74, 6) is -0.128. The zero-order valence-electron chi connectivity index (χ0n) is 10.7. The van der Waals surface area contributed by atoms with Crippen LogP contribution in [0.4, 0.5) is 0 Å². The molecule has 0 bridgehead atoms. The highest BCUT2D eigenvalue weighted by Crippen LogP contribution is 2.04. The van der Waals surface area contributed by atoms with Crippen LogP contribution in [0.2, 0.25) is 0 Å². The normalized spacial score (nSPS) is 12.1. The third-order valence-corrected chi connectivity index (χ3v) is 2.97. The summed E-state index contributed by atoms with van der Waals surface area (Å²) in [6.07, 6.45) is 4.63. The number of benzene rings is 1. The van der Waals surface area contributed by atoms with E-state index < -0.39 is 6.04 Å². The van der Waals surface area contributed by atoms with E-state index in [9.17, 15) is 4.79 Å². The molecule has 0 fully saturated rings. The fourth-order valence-electron chi connectivity index (χ4n) is 1.81. The largest absolute Gasteiger partial charge is 0.472 e. The van der Waals surface area contributed by atoms with Gasteiger partial charge < -0.3 is 15.5 Å². The maximum absolute atomic E-state index is 11.8. The summed E-state index contributed by atoms with van der Waals surface area (Å²) in [4.78, 5) is 11.8. The first-order valence-electron chi connectivity index (χ1n) is 6.34. The van der Waals surface area contributed by atoms with E-state index in [1.54, 1.807) is 12.5 Å². The molecule has 1 aromatic heterocycles. The van der Waals surface area contributed by atoms with E-state index in [4.69, 9.17) is 10.2 Å². The zero-order valence-corrected chi connectivity index (χ0v) is 10.7. The summed E-state index contributed by atoms with van der Waals surface area (Å²) in [5, 5.41) is 2.80. The van der Waals surface area contributed by atoms with Crippen LogP contribution in [0.25, 0.3) is 0 Å². The van der Waals surface area contributed by atoms with Gasteiger partial charge in [0, 0.05) is 12.1 Å². The smallest absolute Gasteiger partial charge is 0.237 e. The number of amides is 1. The third-order valence-electron chi connectivity index (χ3n) is 2.97. The van der Waals surface area contributed by atoms with Gasteiger partial charge >= 0.3 is 0 Å². The Labute approximate surface area is 112 Å². The number of hydrogen-bond donors (Lipinski definition) is 2. The van der Waals surface area contributed by atoms with Crippen molar-refractivity contribution in [2.45, 2.75) is 25.4 Å². The highest BCUT2D eigenvalue weighted by Gasteiger charge is 2.12. The average molecular weight is 258 g/mol. The fraction of sp³-hybridized carbons (Fsp3) is 0.267. The first-order valence-corrected chi connectivity index (χ1v) is 6.34. The number of aryl methyl sites for hydroxylation is 1. The molecule has 19 heavy (non-hydrogen) atoms. The Hall–Kier alpha value is -2.07. The van der Waals surface area contributed by atoms with Crippen LogP contribution in [0.1, 0.15) is 17.5 Å². The Balaban J connectivity index is 1.73. The summed E-state index contributed by atoms with van der Waals surface area (Å²) in [6.45, 7) is 0.453. The molecule has 0 radical (unpaired) electrons. The Morgan fingerprint density at radius 3 is 2.68 bits per heavy atom. The summed E-state index contributed by atoms with van der Waals surface area (Å²) in [5.41, 5.74) is 8.00. The highest BCUT2D eigenvalue weighted by molar-refractivity contribution is 5.81. The Morgan fingerprint density at radius 2 is 2.00 bits per heavy atom. The molecule has 1 atom stereocenters. The lowest BCUT2D eigenvalue weighted by atomic mass is 10.1. The number of furan rings is 1. The predicted molar refractivity (Wildman–Crippen MR) is 73.3 cm³/mol. The molecule has 0 aliphatic rings. The lowest BCUT2D eigenvalue weighted by Crippen LogP contribution is -2.40. The third kappa shape index (κ3) is 4.26. The average Bonchev–Trinajstić information content (AvgIpc) is 2.96. The molecule has 3 N–H and O–H groups in total. The van der Waals surface area contributed by atoms with Crippen LogP contribution in [0, 0.1) is 0 Å². The first-order chi connectivity index (χ1) is 9.25. The van der Waals surface area contributed by atoms with Crippen LogP contribution in [-0.4, -0.2) is 11.9 Å². The Kier molecular flexibility index (Phi) is 4.75.